The largest absolute Gasteiger partial charge is 0.495 e. The maximum absolute atomic E-state index is 13.1. The number of halogens is 2. The molecule has 0 bridgehead atoms. The average molecular weight is 451 g/mol. The number of nitrogens with one attached hydrogen (secondary N) is 1. The monoisotopic (exact) mass is 450 g/mol. The van der Waals surface area contributed by atoms with E-state index in [-0.39, 0.29) is 15.7 Å². The molecule has 2 aromatic rings. The Hall–Kier alpha value is -2.61. The minimum atomic E-state index is -0.625. The van der Waals surface area contributed by atoms with E-state index in [1.165, 1.54) is 24.2 Å². The van der Waals surface area contributed by atoms with Gasteiger partial charge in [0.1, 0.15) is 17.1 Å². The van der Waals surface area contributed by atoms with Crippen LogP contribution in [-0.2, 0) is 9.59 Å². The highest BCUT2D eigenvalue weighted by molar-refractivity contribution is 7.80. The van der Waals surface area contributed by atoms with E-state index in [0.717, 1.165) is 0 Å². The van der Waals surface area contributed by atoms with Gasteiger partial charge in [-0.2, -0.15) is 0 Å². The molecule has 1 saturated heterocycles. The maximum Gasteiger partial charge on any atom is 0.270 e. The van der Waals surface area contributed by atoms with Crippen molar-refractivity contribution in [3.8, 4) is 11.5 Å². The van der Waals surface area contributed by atoms with Crippen LogP contribution in [0.3, 0.4) is 0 Å². The van der Waals surface area contributed by atoms with Crippen LogP contribution in [0, 0.1) is 0 Å². The maximum atomic E-state index is 13.1. The molecule has 0 radical (unpaired) electrons. The van der Waals surface area contributed by atoms with Gasteiger partial charge in [-0.1, -0.05) is 23.2 Å². The van der Waals surface area contributed by atoms with Crippen LogP contribution >= 0.6 is 35.4 Å². The van der Waals surface area contributed by atoms with Gasteiger partial charge in [0.2, 0.25) is 0 Å². The quantitative estimate of drug-likeness (QED) is 0.419. The molecule has 0 spiro atoms. The van der Waals surface area contributed by atoms with Gasteiger partial charge >= 0.3 is 0 Å². The molecule has 1 aliphatic heterocycles. The summed E-state index contributed by atoms with van der Waals surface area (Å²) in [5.41, 5.74) is 0.748. The fraction of sp³-hybridized carbons (Fsp3) is 0.150. The Kier molecular flexibility index (Phi) is 6.42. The van der Waals surface area contributed by atoms with Crippen molar-refractivity contribution < 1.29 is 19.1 Å². The molecule has 150 valence electrons. The van der Waals surface area contributed by atoms with Crippen molar-refractivity contribution in [1.29, 1.82) is 0 Å². The molecular weight excluding hydrogens is 435 g/mol. The summed E-state index contributed by atoms with van der Waals surface area (Å²) in [5.74, 6) is -0.254. The molecule has 0 unspecified atom stereocenters. The molecule has 1 fully saturated rings. The zero-order chi connectivity index (χ0) is 21.1. The Morgan fingerprint density at radius 3 is 2.48 bits per heavy atom. The zero-order valence-corrected chi connectivity index (χ0v) is 17.8. The van der Waals surface area contributed by atoms with Gasteiger partial charge in [0.15, 0.2) is 5.11 Å². The molecule has 0 aliphatic carbocycles. The first-order chi connectivity index (χ1) is 13.8. The van der Waals surface area contributed by atoms with Crippen molar-refractivity contribution in [3.63, 3.8) is 0 Å². The molecule has 6 nitrogen and oxygen atoms in total. The first-order valence-corrected chi connectivity index (χ1v) is 9.69. The Labute approximate surface area is 183 Å². The highest BCUT2D eigenvalue weighted by atomic mass is 35.5. The van der Waals surface area contributed by atoms with Crippen LogP contribution in [0.2, 0.25) is 10.0 Å². The average Bonchev–Trinajstić information content (AvgIpc) is 2.66. The predicted molar refractivity (Wildman–Crippen MR) is 117 cm³/mol. The van der Waals surface area contributed by atoms with Crippen LogP contribution in [0.4, 0.5) is 5.69 Å². The molecule has 0 saturated carbocycles. The Bertz CT molecular complexity index is 1020. The Balaban J connectivity index is 2.02. The lowest BCUT2D eigenvalue weighted by atomic mass is 10.1. The van der Waals surface area contributed by atoms with Crippen molar-refractivity contribution in [3.05, 3.63) is 57.6 Å². The lowest BCUT2D eigenvalue weighted by Gasteiger charge is -2.29. The van der Waals surface area contributed by atoms with Crippen molar-refractivity contribution in [1.82, 2.24) is 5.32 Å². The number of anilines is 1. The number of thiocarbonyl (C=S) groups is 1. The number of methoxy groups -OCH3 is 1. The van der Waals surface area contributed by atoms with Crippen LogP contribution in [0.5, 0.6) is 11.5 Å². The summed E-state index contributed by atoms with van der Waals surface area (Å²) in [6.07, 6.45) is 1.37. The standard InChI is InChI=1S/C20H16Cl2N2O4S/c1-3-28-14-6-4-13(5-7-14)24-19(26)15(18(25)23-20(24)29)9-11-8-12(21)10-16(22)17(11)27-2/h4-10H,3H2,1-2H3,(H,23,25,29)/b15-9-. The third-order valence-corrected chi connectivity index (χ3v) is 4.83. The van der Waals surface area contributed by atoms with Crippen LogP contribution in [0.25, 0.3) is 6.08 Å². The van der Waals surface area contributed by atoms with Crippen molar-refractivity contribution in [2.45, 2.75) is 6.92 Å². The molecule has 0 aromatic heterocycles. The van der Waals surface area contributed by atoms with Crippen LogP contribution < -0.4 is 19.7 Å². The summed E-state index contributed by atoms with van der Waals surface area (Å²) >= 11 is 17.4. The molecule has 2 amide bonds. The van der Waals surface area contributed by atoms with E-state index in [1.807, 2.05) is 6.92 Å². The Morgan fingerprint density at radius 1 is 1.17 bits per heavy atom. The number of hydrogen-bond donors (Lipinski definition) is 1. The van der Waals surface area contributed by atoms with Crippen LogP contribution in [0.15, 0.2) is 42.0 Å². The van der Waals surface area contributed by atoms with Gasteiger partial charge in [-0.25, -0.2) is 0 Å². The summed E-state index contributed by atoms with van der Waals surface area (Å²) in [5, 5.41) is 3.11. The zero-order valence-electron chi connectivity index (χ0n) is 15.5. The van der Waals surface area contributed by atoms with E-state index in [9.17, 15) is 9.59 Å². The third kappa shape index (κ3) is 4.37. The second kappa shape index (κ2) is 8.82. The topological polar surface area (TPSA) is 67.9 Å². The minimum Gasteiger partial charge on any atom is -0.495 e. The molecule has 1 N–H and O–H groups in total. The van der Waals surface area contributed by atoms with E-state index in [4.69, 9.17) is 44.9 Å². The van der Waals surface area contributed by atoms with Gasteiger partial charge in [-0.15, -0.1) is 0 Å². The number of amides is 2. The molecule has 29 heavy (non-hydrogen) atoms. The van der Waals surface area contributed by atoms with E-state index in [1.54, 1.807) is 30.3 Å². The Morgan fingerprint density at radius 2 is 1.86 bits per heavy atom. The van der Waals surface area contributed by atoms with Crippen LogP contribution in [-0.4, -0.2) is 30.6 Å². The first kappa shape index (κ1) is 21.1. The fourth-order valence-corrected chi connectivity index (χ4v) is 3.68. The number of carbonyl (C=O) groups excluding carboxylic acids is 2. The molecule has 1 heterocycles. The minimum absolute atomic E-state index is 0.0163. The number of hydrogen-bond acceptors (Lipinski definition) is 5. The predicted octanol–water partition coefficient (Wildman–Crippen LogP) is 4.23. The van der Waals surface area contributed by atoms with Crippen molar-refractivity contribution in [2.24, 2.45) is 0 Å². The van der Waals surface area contributed by atoms with E-state index in [2.05, 4.69) is 5.32 Å². The second-order valence-corrected chi connectivity index (χ2v) is 7.13. The van der Waals surface area contributed by atoms with Gasteiger partial charge in [-0.05, 0) is 61.6 Å². The summed E-state index contributed by atoms with van der Waals surface area (Å²) in [6.45, 7) is 2.40. The SMILES string of the molecule is CCOc1ccc(N2C(=O)/C(=C\c3cc(Cl)cc(Cl)c3OC)C(=O)NC2=S)cc1. The lowest BCUT2D eigenvalue weighted by molar-refractivity contribution is -0.122. The van der Waals surface area contributed by atoms with E-state index < -0.39 is 11.8 Å². The molecule has 9 heteroatoms. The number of ether oxygens (including phenoxy) is 2. The molecule has 3 rings (SSSR count). The summed E-state index contributed by atoms with van der Waals surface area (Å²) in [6, 6.07) is 9.85. The van der Waals surface area contributed by atoms with Gasteiger partial charge in [0.25, 0.3) is 11.8 Å². The normalized spacial score (nSPS) is 15.5. The second-order valence-electron chi connectivity index (χ2n) is 5.89. The van der Waals surface area contributed by atoms with Gasteiger partial charge < -0.3 is 9.47 Å². The lowest BCUT2D eigenvalue weighted by Crippen LogP contribution is -2.54. The number of benzene rings is 2. The fourth-order valence-electron chi connectivity index (χ4n) is 2.81. The van der Waals surface area contributed by atoms with Gasteiger partial charge in [0, 0.05) is 10.6 Å². The molecule has 0 atom stereocenters. The van der Waals surface area contributed by atoms with Crippen molar-refractivity contribution >= 4 is 64.1 Å². The molecule has 1 aliphatic rings. The van der Waals surface area contributed by atoms with E-state index >= 15 is 0 Å². The van der Waals surface area contributed by atoms with E-state index in [0.29, 0.717) is 34.4 Å². The number of nitrogens with zero attached hydrogens (tertiary/aromatic N) is 1. The highest BCUT2D eigenvalue weighted by Gasteiger charge is 2.34. The number of rotatable bonds is 5. The summed E-state index contributed by atoms with van der Waals surface area (Å²) in [7, 11) is 1.43. The highest BCUT2D eigenvalue weighted by Crippen LogP contribution is 2.34. The van der Waals surface area contributed by atoms with Crippen LogP contribution in [0.1, 0.15) is 12.5 Å². The van der Waals surface area contributed by atoms with Crippen molar-refractivity contribution in [2.75, 3.05) is 18.6 Å². The van der Waals surface area contributed by atoms with Gasteiger partial charge in [0.05, 0.1) is 24.4 Å². The smallest absolute Gasteiger partial charge is 0.270 e. The molecule has 2 aromatic carbocycles. The van der Waals surface area contributed by atoms with Gasteiger partial charge in [-0.3, -0.25) is 19.8 Å². The first-order valence-electron chi connectivity index (χ1n) is 8.53. The number of carbonyl (C=O) groups is 2. The third-order valence-electron chi connectivity index (χ3n) is 4.05. The molecular formula is C20H16Cl2N2O4S. The summed E-state index contributed by atoms with van der Waals surface area (Å²) < 4.78 is 10.7. The summed E-state index contributed by atoms with van der Waals surface area (Å²) in [4.78, 5) is 26.8.